The molecule has 0 fully saturated rings. The average molecular weight is 331 g/mol. The fourth-order valence-corrected chi connectivity index (χ4v) is 2.72. The third-order valence-corrected chi connectivity index (χ3v) is 3.94. The van der Waals surface area contributed by atoms with Gasteiger partial charge >= 0.3 is 0 Å². The standard InChI is InChI=1S/C21H18FN3/c1-4-6-16-12-17(13-25-21(16)23-3)18-7-5-10-24-20(18)15-8-9-19(22)14(2)11-15/h4-13H,3H2,1-2H3/b6-4-. The summed E-state index contributed by atoms with van der Waals surface area (Å²) in [5.41, 5.74) is 4.99. The zero-order chi connectivity index (χ0) is 17.8. The zero-order valence-electron chi connectivity index (χ0n) is 14.2. The van der Waals surface area contributed by atoms with E-state index >= 15 is 0 Å². The lowest BCUT2D eigenvalue weighted by molar-refractivity contribution is 0.619. The second-order valence-corrected chi connectivity index (χ2v) is 5.66. The van der Waals surface area contributed by atoms with Crippen molar-refractivity contribution in [2.75, 3.05) is 0 Å². The summed E-state index contributed by atoms with van der Waals surface area (Å²) in [4.78, 5) is 12.9. The fourth-order valence-electron chi connectivity index (χ4n) is 2.72. The van der Waals surface area contributed by atoms with Gasteiger partial charge in [-0.15, -0.1) is 0 Å². The number of aryl methyl sites for hydroxylation is 1. The van der Waals surface area contributed by atoms with Gasteiger partial charge < -0.3 is 0 Å². The van der Waals surface area contributed by atoms with Crippen LogP contribution in [-0.4, -0.2) is 16.7 Å². The molecule has 124 valence electrons. The first-order valence-corrected chi connectivity index (χ1v) is 7.95. The van der Waals surface area contributed by atoms with Crippen molar-refractivity contribution in [3.63, 3.8) is 0 Å². The Bertz CT molecular complexity index is 961. The Morgan fingerprint density at radius 1 is 1.12 bits per heavy atom. The van der Waals surface area contributed by atoms with Crippen molar-refractivity contribution in [3.8, 4) is 22.4 Å². The Morgan fingerprint density at radius 3 is 2.68 bits per heavy atom. The highest BCUT2D eigenvalue weighted by Gasteiger charge is 2.12. The third-order valence-electron chi connectivity index (χ3n) is 3.94. The number of hydrogen-bond donors (Lipinski definition) is 0. The van der Waals surface area contributed by atoms with Crippen molar-refractivity contribution in [1.82, 2.24) is 9.97 Å². The van der Waals surface area contributed by atoms with E-state index in [1.165, 1.54) is 6.07 Å². The number of benzene rings is 1. The molecule has 0 amide bonds. The number of rotatable bonds is 4. The first-order valence-electron chi connectivity index (χ1n) is 7.95. The largest absolute Gasteiger partial charge is 0.256 e. The van der Waals surface area contributed by atoms with Crippen LogP contribution in [0, 0.1) is 12.7 Å². The molecule has 0 saturated heterocycles. The Labute approximate surface area is 146 Å². The number of nitrogens with zero attached hydrogens (tertiary/aromatic N) is 3. The lowest BCUT2D eigenvalue weighted by atomic mass is 9.98. The molecule has 3 aromatic rings. The molecule has 2 aromatic heterocycles. The highest BCUT2D eigenvalue weighted by atomic mass is 19.1. The molecule has 25 heavy (non-hydrogen) atoms. The lowest BCUT2D eigenvalue weighted by Gasteiger charge is -2.11. The van der Waals surface area contributed by atoms with Crippen LogP contribution in [0.25, 0.3) is 28.5 Å². The van der Waals surface area contributed by atoms with Crippen LogP contribution in [-0.2, 0) is 0 Å². The monoisotopic (exact) mass is 331 g/mol. The predicted octanol–water partition coefficient (Wildman–Crippen LogP) is 5.62. The maximum Gasteiger partial charge on any atom is 0.158 e. The average Bonchev–Trinajstić information content (AvgIpc) is 2.64. The molecule has 0 N–H and O–H groups in total. The number of pyridine rings is 2. The summed E-state index contributed by atoms with van der Waals surface area (Å²) in [5, 5.41) is 0. The molecule has 1 aromatic carbocycles. The van der Waals surface area contributed by atoms with Gasteiger partial charge in [-0.2, -0.15) is 0 Å². The van der Waals surface area contributed by atoms with Crippen molar-refractivity contribution in [1.29, 1.82) is 0 Å². The maximum absolute atomic E-state index is 13.6. The summed E-state index contributed by atoms with van der Waals surface area (Å²) < 4.78 is 13.6. The van der Waals surface area contributed by atoms with Crippen molar-refractivity contribution in [2.45, 2.75) is 13.8 Å². The van der Waals surface area contributed by atoms with Crippen molar-refractivity contribution >= 4 is 18.6 Å². The zero-order valence-corrected chi connectivity index (χ0v) is 14.2. The molecule has 3 rings (SSSR count). The van der Waals surface area contributed by atoms with Crippen LogP contribution < -0.4 is 0 Å². The molecule has 4 heteroatoms. The number of halogens is 1. The number of aliphatic imine (C=N–C) groups is 1. The molecule has 0 radical (unpaired) electrons. The first-order chi connectivity index (χ1) is 12.1. The van der Waals surface area contributed by atoms with E-state index < -0.39 is 0 Å². The minimum absolute atomic E-state index is 0.223. The van der Waals surface area contributed by atoms with E-state index in [1.807, 2.05) is 37.3 Å². The van der Waals surface area contributed by atoms with E-state index in [0.717, 1.165) is 27.9 Å². The number of hydrogen-bond acceptors (Lipinski definition) is 3. The minimum atomic E-state index is -0.223. The highest BCUT2D eigenvalue weighted by molar-refractivity contribution is 5.82. The SMILES string of the molecule is C=Nc1ncc(-c2cccnc2-c2ccc(F)c(C)c2)cc1/C=C\C. The van der Waals surface area contributed by atoms with Gasteiger partial charge in [0.1, 0.15) is 5.82 Å². The van der Waals surface area contributed by atoms with Crippen LogP contribution in [0.2, 0.25) is 0 Å². The second kappa shape index (κ2) is 7.18. The van der Waals surface area contributed by atoms with Crippen molar-refractivity contribution in [2.24, 2.45) is 4.99 Å². The van der Waals surface area contributed by atoms with E-state index in [4.69, 9.17) is 0 Å². The molecular weight excluding hydrogens is 313 g/mol. The summed E-state index contributed by atoms with van der Waals surface area (Å²) in [6.07, 6.45) is 7.37. The Kier molecular flexibility index (Phi) is 4.80. The van der Waals surface area contributed by atoms with E-state index in [-0.39, 0.29) is 5.82 Å². The van der Waals surface area contributed by atoms with E-state index in [9.17, 15) is 4.39 Å². The fraction of sp³-hybridized carbons (Fsp3) is 0.0952. The molecule has 0 bridgehead atoms. The Hall–Kier alpha value is -3.14. The molecular formula is C21H18FN3. The van der Waals surface area contributed by atoms with Crippen LogP contribution in [0.1, 0.15) is 18.1 Å². The van der Waals surface area contributed by atoms with Gasteiger partial charge in [0.25, 0.3) is 0 Å². The van der Waals surface area contributed by atoms with Gasteiger partial charge in [-0.3, -0.25) is 4.98 Å². The topological polar surface area (TPSA) is 38.1 Å². The van der Waals surface area contributed by atoms with E-state index in [1.54, 1.807) is 31.5 Å². The number of allylic oxidation sites excluding steroid dienone is 1. The molecule has 0 atom stereocenters. The minimum Gasteiger partial charge on any atom is -0.256 e. The quantitative estimate of drug-likeness (QED) is 0.582. The van der Waals surface area contributed by atoms with Crippen LogP contribution in [0.15, 0.2) is 59.9 Å². The maximum atomic E-state index is 13.6. The first kappa shape index (κ1) is 16.7. The van der Waals surface area contributed by atoms with Gasteiger partial charge in [0.15, 0.2) is 5.82 Å². The number of aromatic nitrogens is 2. The van der Waals surface area contributed by atoms with Crippen molar-refractivity contribution in [3.05, 3.63) is 71.8 Å². The molecule has 0 aliphatic carbocycles. The summed E-state index contributed by atoms with van der Waals surface area (Å²) >= 11 is 0. The Morgan fingerprint density at radius 2 is 1.96 bits per heavy atom. The highest BCUT2D eigenvalue weighted by Crippen LogP contribution is 2.32. The second-order valence-electron chi connectivity index (χ2n) is 5.66. The summed E-state index contributed by atoms with van der Waals surface area (Å²) in [7, 11) is 0. The van der Waals surface area contributed by atoms with Crippen LogP contribution in [0.3, 0.4) is 0 Å². The molecule has 3 nitrogen and oxygen atoms in total. The Balaban J connectivity index is 2.17. The third kappa shape index (κ3) is 3.38. The molecule has 0 aliphatic rings. The molecule has 0 saturated carbocycles. The lowest BCUT2D eigenvalue weighted by Crippen LogP contribution is -1.92. The van der Waals surface area contributed by atoms with Crippen LogP contribution in [0.5, 0.6) is 0 Å². The normalized spacial score (nSPS) is 11.0. The summed E-state index contributed by atoms with van der Waals surface area (Å²) in [6, 6.07) is 10.9. The van der Waals surface area contributed by atoms with E-state index in [2.05, 4.69) is 21.7 Å². The molecule has 0 aliphatic heterocycles. The summed E-state index contributed by atoms with van der Waals surface area (Å²) in [6.45, 7) is 7.25. The predicted molar refractivity (Wildman–Crippen MR) is 102 cm³/mol. The van der Waals surface area contributed by atoms with Crippen molar-refractivity contribution < 1.29 is 4.39 Å². The molecule has 2 heterocycles. The van der Waals surface area contributed by atoms with Gasteiger partial charge in [-0.25, -0.2) is 14.4 Å². The van der Waals surface area contributed by atoms with Crippen LogP contribution in [0.4, 0.5) is 10.2 Å². The molecule has 0 unspecified atom stereocenters. The summed E-state index contributed by atoms with van der Waals surface area (Å²) in [5.74, 6) is 0.365. The van der Waals surface area contributed by atoms with Gasteiger partial charge in [-0.05, 0) is 56.5 Å². The molecule has 0 spiro atoms. The van der Waals surface area contributed by atoms with Gasteiger partial charge in [0.2, 0.25) is 0 Å². The van der Waals surface area contributed by atoms with Gasteiger partial charge in [0, 0.05) is 34.6 Å². The van der Waals surface area contributed by atoms with E-state index in [0.29, 0.717) is 11.4 Å². The van der Waals surface area contributed by atoms with Gasteiger partial charge in [0.05, 0.1) is 5.69 Å². The van der Waals surface area contributed by atoms with Gasteiger partial charge in [-0.1, -0.05) is 18.2 Å². The van der Waals surface area contributed by atoms with Crippen LogP contribution >= 0.6 is 0 Å². The smallest absolute Gasteiger partial charge is 0.158 e.